The molecule has 1 N–H and O–H groups in total. The van der Waals surface area contributed by atoms with Crippen molar-refractivity contribution in [2.24, 2.45) is 0 Å². The second-order valence-corrected chi connectivity index (χ2v) is 11.1. The Hall–Kier alpha value is -3.07. The Kier molecular flexibility index (Phi) is 9.59. The molecule has 0 saturated heterocycles. The first kappa shape index (κ1) is 28.5. The predicted octanol–water partition coefficient (Wildman–Crippen LogP) is 5.05. The zero-order valence-electron chi connectivity index (χ0n) is 20.8. The Morgan fingerprint density at radius 2 is 1.59 bits per heavy atom. The second kappa shape index (κ2) is 12.4. The maximum Gasteiger partial charge on any atom is 0.264 e. The minimum absolute atomic E-state index is 0.00154. The molecule has 7 nitrogen and oxygen atoms in total. The first-order valence-corrected chi connectivity index (χ1v) is 13.9. The third-order valence-corrected chi connectivity index (χ3v) is 8.38. The van der Waals surface area contributed by atoms with E-state index in [0.717, 1.165) is 15.4 Å². The van der Waals surface area contributed by atoms with Crippen molar-refractivity contribution in [3.05, 3.63) is 94.0 Å². The Bertz CT molecular complexity index is 1350. The fourth-order valence-corrected chi connectivity index (χ4v) is 5.61. The van der Waals surface area contributed by atoms with Crippen LogP contribution in [-0.2, 0) is 26.2 Å². The van der Waals surface area contributed by atoms with Crippen molar-refractivity contribution < 1.29 is 18.0 Å². The molecular formula is C27H29Cl2N3O4S. The van der Waals surface area contributed by atoms with Crippen LogP contribution in [0.3, 0.4) is 0 Å². The molecule has 0 aliphatic rings. The third-order valence-electron chi connectivity index (χ3n) is 5.80. The van der Waals surface area contributed by atoms with Crippen LogP contribution >= 0.6 is 23.2 Å². The van der Waals surface area contributed by atoms with Crippen molar-refractivity contribution >= 4 is 50.7 Å². The van der Waals surface area contributed by atoms with E-state index in [0.29, 0.717) is 6.54 Å². The van der Waals surface area contributed by atoms with Crippen LogP contribution in [0.15, 0.2) is 77.7 Å². The Labute approximate surface area is 228 Å². The third kappa shape index (κ3) is 6.83. The van der Waals surface area contributed by atoms with Gasteiger partial charge >= 0.3 is 0 Å². The van der Waals surface area contributed by atoms with Gasteiger partial charge in [0.05, 0.1) is 20.6 Å². The normalized spacial score (nSPS) is 12.0. The highest BCUT2D eigenvalue weighted by Gasteiger charge is 2.33. The lowest BCUT2D eigenvalue weighted by Gasteiger charge is -2.32. The van der Waals surface area contributed by atoms with Gasteiger partial charge in [-0.1, -0.05) is 77.3 Å². The lowest BCUT2D eigenvalue weighted by Crippen LogP contribution is -2.51. The number of halogens is 2. The molecule has 0 spiro atoms. The summed E-state index contributed by atoms with van der Waals surface area (Å²) in [6.07, 6.45) is 0. The van der Waals surface area contributed by atoms with Gasteiger partial charge in [-0.15, -0.1) is 0 Å². The van der Waals surface area contributed by atoms with Crippen LogP contribution in [0.4, 0.5) is 5.69 Å². The minimum Gasteiger partial charge on any atom is -0.355 e. The summed E-state index contributed by atoms with van der Waals surface area (Å²) in [6.45, 7) is 5.26. The molecule has 0 aliphatic carbocycles. The number of amides is 2. The van der Waals surface area contributed by atoms with E-state index in [4.69, 9.17) is 23.2 Å². The molecule has 0 heterocycles. The lowest BCUT2D eigenvalue weighted by atomic mass is 10.1. The summed E-state index contributed by atoms with van der Waals surface area (Å²) in [5.74, 6) is -0.920. The standard InChI is InChI=1S/C27H29Cl2N3O4S/c1-4-30-27(34)20(3)31(17-21-15-13-19(2)14-16-21)25(33)18-32(24-12-8-11-23(28)26(24)29)37(35,36)22-9-6-5-7-10-22/h5-16,20H,4,17-18H2,1-3H3,(H,30,34)/t20-/m0/s1. The van der Waals surface area contributed by atoms with Gasteiger partial charge in [-0.3, -0.25) is 13.9 Å². The maximum absolute atomic E-state index is 13.8. The van der Waals surface area contributed by atoms with Crippen molar-refractivity contribution in [2.75, 3.05) is 17.4 Å². The number of nitrogens with zero attached hydrogens (tertiary/aromatic N) is 2. The molecule has 0 fully saturated rings. The Balaban J connectivity index is 2.06. The molecule has 0 saturated carbocycles. The van der Waals surface area contributed by atoms with E-state index >= 15 is 0 Å². The van der Waals surface area contributed by atoms with Crippen molar-refractivity contribution in [1.82, 2.24) is 10.2 Å². The number of hydrogen-bond acceptors (Lipinski definition) is 4. The number of likely N-dealkylation sites (N-methyl/N-ethyl adjacent to an activating group) is 1. The molecule has 1 atom stereocenters. The minimum atomic E-state index is -4.21. The van der Waals surface area contributed by atoms with Gasteiger partial charge in [-0.25, -0.2) is 8.42 Å². The van der Waals surface area contributed by atoms with Crippen LogP contribution in [0.5, 0.6) is 0 Å². The molecule has 0 aromatic heterocycles. The van der Waals surface area contributed by atoms with Gasteiger partial charge in [-0.2, -0.15) is 0 Å². The van der Waals surface area contributed by atoms with E-state index in [-0.39, 0.29) is 33.1 Å². The molecule has 0 aliphatic heterocycles. The molecular weight excluding hydrogens is 533 g/mol. The number of hydrogen-bond donors (Lipinski definition) is 1. The van der Waals surface area contributed by atoms with Gasteiger partial charge in [-0.05, 0) is 50.6 Å². The van der Waals surface area contributed by atoms with Gasteiger partial charge in [0.1, 0.15) is 12.6 Å². The number of carbonyl (C=O) groups is 2. The van der Waals surface area contributed by atoms with Gasteiger partial charge < -0.3 is 10.2 Å². The summed E-state index contributed by atoms with van der Waals surface area (Å²) in [6, 6.07) is 19.0. The molecule has 3 aromatic rings. The number of nitrogens with one attached hydrogen (secondary N) is 1. The molecule has 0 radical (unpaired) electrons. The van der Waals surface area contributed by atoms with Gasteiger partial charge in [0.2, 0.25) is 11.8 Å². The molecule has 2 amide bonds. The van der Waals surface area contributed by atoms with Gasteiger partial charge in [0.15, 0.2) is 0 Å². The number of benzene rings is 3. The average Bonchev–Trinajstić information content (AvgIpc) is 2.88. The molecule has 3 aromatic carbocycles. The number of sulfonamides is 1. The smallest absolute Gasteiger partial charge is 0.264 e. The molecule has 0 bridgehead atoms. The predicted molar refractivity (Wildman–Crippen MR) is 147 cm³/mol. The maximum atomic E-state index is 13.8. The fraction of sp³-hybridized carbons (Fsp3) is 0.259. The number of anilines is 1. The van der Waals surface area contributed by atoms with Crippen LogP contribution in [0.1, 0.15) is 25.0 Å². The zero-order valence-corrected chi connectivity index (χ0v) is 23.1. The van der Waals surface area contributed by atoms with Crippen LogP contribution in [0.2, 0.25) is 10.0 Å². The summed E-state index contributed by atoms with van der Waals surface area (Å²) in [4.78, 5) is 27.9. The summed E-state index contributed by atoms with van der Waals surface area (Å²) in [7, 11) is -4.21. The number of rotatable bonds is 10. The van der Waals surface area contributed by atoms with Crippen molar-refractivity contribution in [3.63, 3.8) is 0 Å². The van der Waals surface area contributed by atoms with Crippen LogP contribution in [-0.4, -0.2) is 44.3 Å². The Morgan fingerprint density at radius 1 is 0.946 bits per heavy atom. The van der Waals surface area contributed by atoms with Crippen molar-refractivity contribution in [1.29, 1.82) is 0 Å². The van der Waals surface area contributed by atoms with Gasteiger partial charge in [0.25, 0.3) is 10.0 Å². The van der Waals surface area contributed by atoms with E-state index in [1.165, 1.54) is 29.2 Å². The quantitative estimate of drug-likeness (QED) is 0.375. The van der Waals surface area contributed by atoms with Crippen LogP contribution in [0, 0.1) is 6.92 Å². The van der Waals surface area contributed by atoms with E-state index in [1.807, 2.05) is 31.2 Å². The van der Waals surface area contributed by atoms with E-state index < -0.39 is 28.5 Å². The van der Waals surface area contributed by atoms with Crippen LogP contribution in [0.25, 0.3) is 0 Å². The summed E-state index contributed by atoms with van der Waals surface area (Å²) in [5.41, 5.74) is 1.91. The highest BCUT2D eigenvalue weighted by atomic mass is 35.5. The molecule has 196 valence electrons. The second-order valence-electron chi connectivity index (χ2n) is 8.48. The van der Waals surface area contributed by atoms with E-state index in [2.05, 4.69) is 5.32 Å². The number of carbonyl (C=O) groups excluding carboxylic acids is 2. The number of aryl methyl sites for hydroxylation is 1. The average molecular weight is 563 g/mol. The summed E-state index contributed by atoms with van der Waals surface area (Å²) >= 11 is 12.6. The zero-order chi connectivity index (χ0) is 27.2. The van der Waals surface area contributed by atoms with E-state index in [9.17, 15) is 18.0 Å². The lowest BCUT2D eigenvalue weighted by molar-refractivity contribution is -0.139. The highest BCUT2D eigenvalue weighted by molar-refractivity contribution is 7.92. The molecule has 10 heteroatoms. The Morgan fingerprint density at radius 3 is 2.22 bits per heavy atom. The summed E-state index contributed by atoms with van der Waals surface area (Å²) < 4.78 is 28.4. The first-order chi connectivity index (χ1) is 17.6. The largest absolute Gasteiger partial charge is 0.355 e. The van der Waals surface area contributed by atoms with Crippen LogP contribution < -0.4 is 9.62 Å². The highest BCUT2D eigenvalue weighted by Crippen LogP contribution is 2.35. The molecule has 0 unspecified atom stereocenters. The summed E-state index contributed by atoms with van der Waals surface area (Å²) in [5, 5.41) is 2.87. The first-order valence-electron chi connectivity index (χ1n) is 11.7. The fourth-order valence-electron chi connectivity index (χ4n) is 3.71. The van der Waals surface area contributed by atoms with E-state index in [1.54, 1.807) is 38.1 Å². The monoisotopic (exact) mass is 561 g/mol. The molecule has 37 heavy (non-hydrogen) atoms. The van der Waals surface area contributed by atoms with Crippen molar-refractivity contribution in [2.45, 2.75) is 38.3 Å². The molecule has 3 rings (SSSR count). The van der Waals surface area contributed by atoms with Crippen molar-refractivity contribution in [3.8, 4) is 0 Å². The topological polar surface area (TPSA) is 86.8 Å². The van der Waals surface area contributed by atoms with Gasteiger partial charge in [0, 0.05) is 13.1 Å². The SMILES string of the molecule is CCNC(=O)[C@H](C)N(Cc1ccc(C)cc1)C(=O)CN(c1cccc(Cl)c1Cl)S(=O)(=O)c1ccccc1.